The van der Waals surface area contributed by atoms with Crippen LogP contribution in [-0.2, 0) is 0 Å². The number of hydrazine groups is 1. The third-order valence-electron chi connectivity index (χ3n) is 3.31. The van der Waals surface area contributed by atoms with Crippen molar-refractivity contribution in [2.24, 2.45) is 5.84 Å². The van der Waals surface area contributed by atoms with Gasteiger partial charge >= 0.3 is 0 Å². The minimum atomic E-state index is -0.263. The van der Waals surface area contributed by atoms with E-state index >= 15 is 0 Å². The van der Waals surface area contributed by atoms with E-state index in [-0.39, 0.29) is 29.3 Å². The number of hydrogen-bond donors (Lipinski definition) is 3. The molecule has 0 bridgehead atoms. The summed E-state index contributed by atoms with van der Waals surface area (Å²) in [5.41, 5.74) is 2.55. The Balaban J connectivity index is 2.24. The third-order valence-corrected chi connectivity index (χ3v) is 3.62. The number of nitrogens with one attached hydrogen (secondary N) is 1. The summed E-state index contributed by atoms with van der Waals surface area (Å²) in [6.07, 6.45) is 3.02. The molecule has 0 aromatic carbocycles. The molecule has 19 heavy (non-hydrogen) atoms. The van der Waals surface area contributed by atoms with Gasteiger partial charge in [0.1, 0.15) is 11.5 Å². The van der Waals surface area contributed by atoms with Crippen molar-refractivity contribution in [3.8, 4) is 0 Å². The highest BCUT2D eigenvalue weighted by molar-refractivity contribution is 6.33. The molecule has 1 saturated carbocycles. The smallest absolute Gasteiger partial charge is 0.274 e. The van der Waals surface area contributed by atoms with E-state index in [4.69, 9.17) is 22.6 Å². The van der Waals surface area contributed by atoms with Crippen molar-refractivity contribution < 1.29 is 9.90 Å². The van der Waals surface area contributed by atoms with Gasteiger partial charge in [-0.05, 0) is 31.4 Å². The number of nitrogens with zero attached hydrogens (tertiary/aromatic N) is 2. The molecule has 0 atom stereocenters. The highest BCUT2D eigenvalue weighted by Crippen LogP contribution is 2.27. The molecule has 7 heteroatoms. The number of anilines is 1. The van der Waals surface area contributed by atoms with E-state index in [2.05, 4.69) is 10.4 Å². The van der Waals surface area contributed by atoms with Gasteiger partial charge in [-0.2, -0.15) is 0 Å². The van der Waals surface area contributed by atoms with E-state index in [9.17, 15) is 4.79 Å². The van der Waals surface area contributed by atoms with E-state index in [1.807, 2.05) is 0 Å². The van der Waals surface area contributed by atoms with Crippen LogP contribution in [0, 0.1) is 0 Å². The van der Waals surface area contributed by atoms with Crippen LogP contribution in [0.2, 0.25) is 5.02 Å². The number of nitrogen functional groups attached to an aromatic ring is 1. The van der Waals surface area contributed by atoms with Crippen LogP contribution in [-0.4, -0.2) is 40.1 Å². The molecular weight excluding hydrogens is 268 g/mol. The Morgan fingerprint density at radius 2 is 2.32 bits per heavy atom. The standard InChI is InChI=1S/C12H17ClN4O2/c13-9-4-5-10(16-14)15-11(9)12(19)17(6-7-18)8-2-1-3-8/h4-5,8,18H,1-3,6-7,14H2,(H,15,16). The second-order valence-corrected chi connectivity index (χ2v) is 4.89. The van der Waals surface area contributed by atoms with Crippen LogP contribution >= 0.6 is 11.6 Å². The van der Waals surface area contributed by atoms with Crippen molar-refractivity contribution in [1.82, 2.24) is 9.88 Å². The number of rotatable bonds is 5. The second kappa shape index (κ2) is 6.18. The van der Waals surface area contributed by atoms with Crippen molar-refractivity contribution in [2.45, 2.75) is 25.3 Å². The topological polar surface area (TPSA) is 91.5 Å². The quantitative estimate of drug-likeness (QED) is 0.554. The normalized spacial score (nSPS) is 14.9. The lowest BCUT2D eigenvalue weighted by Gasteiger charge is -2.37. The van der Waals surface area contributed by atoms with Crippen LogP contribution in [0.4, 0.5) is 5.82 Å². The van der Waals surface area contributed by atoms with Crippen molar-refractivity contribution in [3.63, 3.8) is 0 Å². The molecule has 1 heterocycles. The number of pyridine rings is 1. The molecule has 1 aliphatic rings. The molecule has 1 aromatic heterocycles. The number of aliphatic hydroxyl groups excluding tert-OH is 1. The lowest BCUT2D eigenvalue weighted by atomic mass is 9.91. The van der Waals surface area contributed by atoms with Crippen LogP contribution in [0.5, 0.6) is 0 Å². The number of hydrogen-bond acceptors (Lipinski definition) is 5. The molecule has 2 rings (SSSR count). The van der Waals surface area contributed by atoms with E-state index in [0.717, 1.165) is 19.3 Å². The fraction of sp³-hybridized carbons (Fsp3) is 0.500. The maximum absolute atomic E-state index is 12.5. The van der Waals surface area contributed by atoms with Gasteiger partial charge < -0.3 is 15.4 Å². The van der Waals surface area contributed by atoms with Crippen LogP contribution < -0.4 is 11.3 Å². The van der Waals surface area contributed by atoms with Gasteiger partial charge in [-0.25, -0.2) is 10.8 Å². The molecule has 0 saturated heterocycles. The van der Waals surface area contributed by atoms with Gasteiger partial charge in [0.05, 0.1) is 11.6 Å². The molecule has 1 fully saturated rings. The highest BCUT2D eigenvalue weighted by Gasteiger charge is 2.30. The number of amides is 1. The fourth-order valence-corrected chi connectivity index (χ4v) is 2.25. The fourth-order valence-electron chi connectivity index (χ4n) is 2.06. The number of carbonyl (C=O) groups is 1. The molecule has 0 aliphatic heterocycles. The van der Waals surface area contributed by atoms with Gasteiger partial charge in [-0.15, -0.1) is 0 Å². The first-order valence-corrected chi connectivity index (χ1v) is 6.60. The number of halogens is 1. The molecular formula is C12H17ClN4O2. The monoisotopic (exact) mass is 284 g/mol. The number of carbonyl (C=O) groups excluding carboxylic acids is 1. The minimum Gasteiger partial charge on any atom is -0.395 e. The van der Waals surface area contributed by atoms with E-state index < -0.39 is 0 Å². The largest absolute Gasteiger partial charge is 0.395 e. The van der Waals surface area contributed by atoms with Crippen molar-refractivity contribution >= 4 is 23.3 Å². The maximum atomic E-state index is 12.5. The molecule has 1 amide bonds. The van der Waals surface area contributed by atoms with Gasteiger partial charge in [-0.1, -0.05) is 11.6 Å². The van der Waals surface area contributed by atoms with E-state index in [1.165, 1.54) is 0 Å². The lowest BCUT2D eigenvalue weighted by molar-refractivity contribution is 0.0520. The van der Waals surface area contributed by atoms with Crippen LogP contribution in [0.15, 0.2) is 12.1 Å². The third kappa shape index (κ3) is 2.97. The van der Waals surface area contributed by atoms with Crippen molar-refractivity contribution in [3.05, 3.63) is 22.8 Å². The first kappa shape index (κ1) is 14.0. The first-order chi connectivity index (χ1) is 9.17. The van der Waals surface area contributed by atoms with Crippen LogP contribution in [0.1, 0.15) is 29.8 Å². The Kier molecular flexibility index (Phi) is 4.57. The van der Waals surface area contributed by atoms with Gasteiger partial charge in [0.2, 0.25) is 0 Å². The second-order valence-electron chi connectivity index (χ2n) is 4.48. The van der Waals surface area contributed by atoms with Gasteiger partial charge in [0, 0.05) is 12.6 Å². The van der Waals surface area contributed by atoms with Gasteiger partial charge in [0.15, 0.2) is 0 Å². The van der Waals surface area contributed by atoms with E-state index in [0.29, 0.717) is 12.4 Å². The SMILES string of the molecule is NNc1ccc(Cl)c(C(=O)N(CCO)C2CCC2)n1. The predicted octanol–water partition coefficient (Wildman–Crippen LogP) is 1.01. The summed E-state index contributed by atoms with van der Waals surface area (Å²) >= 11 is 6.02. The Hall–Kier alpha value is -1.37. The Bertz CT molecular complexity index is 465. The number of nitrogens with two attached hydrogens (primary N) is 1. The summed E-state index contributed by atoms with van der Waals surface area (Å²) < 4.78 is 0. The highest BCUT2D eigenvalue weighted by atomic mass is 35.5. The molecule has 0 radical (unpaired) electrons. The molecule has 0 spiro atoms. The first-order valence-electron chi connectivity index (χ1n) is 6.22. The Morgan fingerprint density at radius 3 is 2.84 bits per heavy atom. The average molecular weight is 285 g/mol. The van der Waals surface area contributed by atoms with Crippen LogP contribution in [0.25, 0.3) is 0 Å². The minimum absolute atomic E-state index is 0.0747. The summed E-state index contributed by atoms with van der Waals surface area (Å²) in [4.78, 5) is 18.2. The molecule has 0 unspecified atom stereocenters. The Morgan fingerprint density at radius 1 is 1.58 bits per heavy atom. The predicted molar refractivity (Wildman–Crippen MR) is 72.8 cm³/mol. The van der Waals surface area contributed by atoms with Crippen molar-refractivity contribution in [1.29, 1.82) is 0 Å². The molecule has 1 aliphatic carbocycles. The van der Waals surface area contributed by atoms with Crippen LogP contribution in [0.3, 0.4) is 0 Å². The Labute approximate surface area is 116 Å². The molecule has 6 nitrogen and oxygen atoms in total. The molecule has 104 valence electrons. The summed E-state index contributed by atoms with van der Waals surface area (Å²) in [6.45, 7) is 0.219. The molecule has 1 aromatic rings. The number of aromatic nitrogens is 1. The summed E-state index contributed by atoms with van der Waals surface area (Å²) in [5.74, 6) is 5.40. The van der Waals surface area contributed by atoms with Gasteiger partial charge in [-0.3, -0.25) is 4.79 Å². The van der Waals surface area contributed by atoms with E-state index in [1.54, 1.807) is 17.0 Å². The maximum Gasteiger partial charge on any atom is 0.274 e. The molecule has 4 N–H and O–H groups in total. The summed E-state index contributed by atoms with van der Waals surface area (Å²) in [7, 11) is 0. The zero-order valence-electron chi connectivity index (χ0n) is 10.5. The average Bonchev–Trinajstić information content (AvgIpc) is 2.36. The lowest BCUT2D eigenvalue weighted by Crippen LogP contribution is -2.46. The summed E-state index contributed by atoms with van der Waals surface area (Å²) in [5, 5.41) is 9.37. The van der Waals surface area contributed by atoms with Crippen molar-refractivity contribution in [2.75, 3.05) is 18.6 Å². The van der Waals surface area contributed by atoms with Gasteiger partial charge in [0.25, 0.3) is 5.91 Å². The zero-order valence-corrected chi connectivity index (χ0v) is 11.2. The number of aliphatic hydroxyl groups is 1. The summed E-state index contributed by atoms with van der Waals surface area (Å²) in [6, 6.07) is 3.35. The zero-order chi connectivity index (χ0) is 13.8.